The van der Waals surface area contributed by atoms with Gasteiger partial charge in [0, 0.05) is 25.1 Å². The summed E-state index contributed by atoms with van der Waals surface area (Å²) in [5.74, 6) is -3.45. The molecule has 0 saturated heterocycles. The molecule has 3 rings (SSSR count). The Morgan fingerprint density at radius 2 is 2.04 bits per heavy atom. The number of fused-ring (bicyclic) bond motifs is 1. The summed E-state index contributed by atoms with van der Waals surface area (Å²) in [6.07, 6.45) is 1.52. The Balaban J connectivity index is 1.63. The summed E-state index contributed by atoms with van der Waals surface area (Å²) in [7, 11) is 0. The Kier molecular flexibility index (Phi) is 4.76. The van der Waals surface area contributed by atoms with E-state index >= 15 is 0 Å². The lowest BCUT2D eigenvalue weighted by Gasteiger charge is -2.32. The van der Waals surface area contributed by atoms with Crippen molar-refractivity contribution >= 4 is 5.91 Å². The molecule has 1 aromatic heterocycles. The van der Waals surface area contributed by atoms with Gasteiger partial charge in [-0.3, -0.25) is 4.79 Å². The van der Waals surface area contributed by atoms with E-state index in [-0.39, 0.29) is 30.4 Å². The van der Waals surface area contributed by atoms with Crippen molar-refractivity contribution in [2.75, 3.05) is 6.54 Å². The highest BCUT2D eigenvalue weighted by atomic mass is 19.2. The standard InChI is InChI=1S/C16H18F3N5O/c1-9-7-23(8-12-6-21-22-24(9)12)16(25)4-11(20)2-10-3-14(18)15(19)5-13(10)17/h3,5-6,9,11H,2,4,7-8,20H2,1H3/t9?,11-/m1/s1. The van der Waals surface area contributed by atoms with E-state index in [1.807, 2.05) is 6.92 Å². The summed E-state index contributed by atoms with van der Waals surface area (Å²) in [5.41, 5.74) is 6.70. The Bertz CT molecular complexity index is 794. The van der Waals surface area contributed by atoms with Crippen LogP contribution in [0.3, 0.4) is 0 Å². The van der Waals surface area contributed by atoms with Gasteiger partial charge >= 0.3 is 0 Å². The molecule has 0 aliphatic carbocycles. The SMILES string of the molecule is CC1CN(C(=O)C[C@H](N)Cc2cc(F)c(F)cc2F)Cc2cnnn21. The van der Waals surface area contributed by atoms with Crippen molar-refractivity contribution in [2.45, 2.75) is 38.4 Å². The summed E-state index contributed by atoms with van der Waals surface area (Å²) >= 11 is 0. The number of aromatic nitrogens is 3. The molecule has 0 saturated carbocycles. The van der Waals surface area contributed by atoms with Crippen LogP contribution < -0.4 is 5.73 Å². The Morgan fingerprint density at radius 1 is 1.32 bits per heavy atom. The van der Waals surface area contributed by atoms with E-state index in [1.165, 1.54) is 0 Å². The molecule has 0 fully saturated rings. The van der Waals surface area contributed by atoms with Gasteiger partial charge in [-0.25, -0.2) is 17.9 Å². The smallest absolute Gasteiger partial charge is 0.224 e. The van der Waals surface area contributed by atoms with Crippen LogP contribution in [0.1, 0.15) is 30.6 Å². The van der Waals surface area contributed by atoms with Gasteiger partial charge < -0.3 is 10.6 Å². The van der Waals surface area contributed by atoms with E-state index in [4.69, 9.17) is 5.73 Å². The van der Waals surface area contributed by atoms with Crippen LogP contribution >= 0.6 is 0 Å². The molecule has 2 aromatic rings. The van der Waals surface area contributed by atoms with Crippen molar-refractivity contribution in [1.82, 2.24) is 19.9 Å². The van der Waals surface area contributed by atoms with Crippen LogP contribution in [0.25, 0.3) is 0 Å². The van der Waals surface area contributed by atoms with E-state index in [0.29, 0.717) is 19.2 Å². The van der Waals surface area contributed by atoms with Gasteiger partial charge in [-0.2, -0.15) is 0 Å². The van der Waals surface area contributed by atoms with Gasteiger partial charge in [0.05, 0.1) is 24.5 Å². The zero-order chi connectivity index (χ0) is 18.1. The number of rotatable bonds is 4. The summed E-state index contributed by atoms with van der Waals surface area (Å²) in [6, 6.07) is 0.559. The first-order chi connectivity index (χ1) is 11.8. The zero-order valence-corrected chi connectivity index (χ0v) is 13.6. The highest BCUT2D eigenvalue weighted by molar-refractivity contribution is 5.77. The number of carbonyl (C=O) groups excluding carboxylic acids is 1. The number of hydrogen-bond donors (Lipinski definition) is 1. The zero-order valence-electron chi connectivity index (χ0n) is 13.6. The predicted octanol–water partition coefficient (Wildman–Crippen LogP) is 1.56. The molecule has 2 N–H and O–H groups in total. The number of hydrogen-bond acceptors (Lipinski definition) is 4. The second kappa shape index (κ2) is 6.83. The number of benzene rings is 1. The molecule has 134 valence electrons. The molecule has 1 aliphatic heterocycles. The monoisotopic (exact) mass is 353 g/mol. The molecule has 2 heterocycles. The topological polar surface area (TPSA) is 77.0 Å². The molecule has 0 spiro atoms. The minimum atomic E-state index is -1.25. The van der Waals surface area contributed by atoms with Gasteiger partial charge in [0.25, 0.3) is 0 Å². The second-order valence-corrected chi connectivity index (χ2v) is 6.32. The highest BCUT2D eigenvalue weighted by Crippen LogP contribution is 2.20. The van der Waals surface area contributed by atoms with Crippen LogP contribution in [0.4, 0.5) is 13.2 Å². The van der Waals surface area contributed by atoms with Gasteiger partial charge in [0.2, 0.25) is 5.91 Å². The third kappa shape index (κ3) is 3.65. The molecule has 0 radical (unpaired) electrons. The predicted molar refractivity (Wildman–Crippen MR) is 82.8 cm³/mol. The number of amides is 1. The largest absolute Gasteiger partial charge is 0.335 e. The molecule has 1 amide bonds. The third-order valence-electron chi connectivity index (χ3n) is 4.26. The maximum absolute atomic E-state index is 13.7. The van der Waals surface area contributed by atoms with Crippen molar-refractivity contribution < 1.29 is 18.0 Å². The first-order valence-electron chi connectivity index (χ1n) is 7.91. The molecule has 2 atom stereocenters. The lowest BCUT2D eigenvalue weighted by atomic mass is 10.0. The van der Waals surface area contributed by atoms with E-state index < -0.39 is 23.5 Å². The molecule has 1 aromatic carbocycles. The molecule has 6 nitrogen and oxygen atoms in total. The van der Waals surface area contributed by atoms with E-state index in [2.05, 4.69) is 10.3 Å². The molecular formula is C16H18F3N5O. The highest BCUT2D eigenvalue weighted by Gasteiger charge is 2.27. The van der Waals surface area contributed by atoms with Crippen LogP contribution in [0.2, 0.25) is 0 Å². The minimum Gasteiger partial charge on any atom is -0.335 e. The first kappa shape index (κ1) is 17.4. The van der Waals surface area contributed by atoms with Gasteiger partial charge in [-0.05, 0) is 25.0 Å². The summed E-state index contributed by atoms with van der Waals surface area (Å²) in [5, 5.41) is 7.80. The molecular weight excluding hydrogens is 335 g/mol. The third-order valence-corrected chi connectivity index (χ3v) is 4.26. The van der Waals surface area contributed by atoms with E-state index in [1.54, 1.807) is 15.8 Å². The fourth-order valence-corrected chi connectivity index (χ4v) is 3.02. The van der Waals surface area contributed by atoms with Gasteiger partial charge in [-0.15, -0.1) is 5.10 Å². The lowest BCUT2D eigenvalue weighted by Crippen LogP contribution is -2.42. The van der Waals surface area contributed by atoms with Crippen LogP contribution in [0, 0.1) is 17.5 Å². The quantitative estimate of drug-likeness (QED) is 0.847. The van der Waals surface area contributed by atoms with Crippen molar-refractivity contribution in [1.29, 1.82) is 0 Å². The minimum absolute atomic E-state index is 0.00457. The van der Waals surface area contributed by atoms with Gasteiger partial charge in [0.15, 0.2) is 11.6 Å². The fourth-order valence-electron chi connectivity index (χ4n) is 3.02. The maximum Gasteiger partial charge on any atom is 0.224 e. The van der Waals surface area contributed by atoms with Gasteiger partial charge in [-0.1, -0.05) is 5.21 Å². The maximum atomic E-state index is 13.7. The Hall–Kier alpha value is -2.42. The number of halogens is 3. The van der Waals surface area contributed by atoms with E-state index in [9.17, 15) is 18.0 Å². The molecule has 25 heavy (non-hydrogen) atoms. The van der Waals surface area contributed by atoms with Crippen molar-refractivity contribution in [3.05, 3.63) is 47.0 Å². The van der Waals surface area contributed by atoms with Crippen LogP contribution in [0.15, 0.2) is 18.3 Å². The average Bonchev–Trinajstić information content (AvgIpc) is 3.01. The number of nitrogens with two attached hydrogens (primary N) is 1. The van der Waals surface area contributed by atoms with Crippen LogP contribution in [-0.2, 0) is 17.8 Å². The molecule has 1 aliphatic rings. The second-order valence-electron chi connectivity index (χ2n) is 6.32. The lowest BCUT2D eigenvalue weighted by molar-refractivity contribution is -0.133. The fraction of sp³-hybridized carbons (Fsp3) is 0.438. The Labute approximate surface area is 142 Å². The van der Waals surface area contributed by atoms with Crippen molar-refractivity contribution in [3.8, 4) is 0 Å². The van der Waals surface area contributed by atoms with Gasteiger partial charge in [0.1, 0.15) is 5.82 Å². The summed E-state index contributed by atoms with van der Waals surface area (Å²) in [6.45, 7) is 2.78. The molecule has 9 heteroatoms. The summed E-state index contributed by atoms with van der Waals surface area (Å²) in [4.78, 5) is 14.1. The molecule has 0 bridgehead atoms. The average molecular weight is 353 g/mol. The van der Waals surface area contributed by atoms with E-state index in [0.717, 1.165) is 11.8 Å². The first-order valence-corrected chi connectivity index (χ1v) is 7.91. The normalized spacial score (nSPS) is 18.1. The summed E-state index contributed by atoms with van der Waals surface area (Å²) < 4.78 is 41.7. The number of carbonyl (C=O) groups is 1. The Morgan fingerprint density at radius 3 is 2.80 bits per heavy atom. The molecule has 1 unspecified atom stereocenters. The number of nitrogens with zero attached hydrogens (tertiary/aromatic N) is 4. The van der Waals surface area contributed by atoms with Crippen molar-refractivity contribution in [2.24, 2.45) is 5.73 Å². The van der Waals surface area contributed by atoms with Crippen LogP contribution in [-0.4, -0.2) is 38.4 Å². The van der Waals surface area contributed by atoms with Crippen molar-refractivity contribution in [3.63, 3.8) is 0 Å². The van der Waals surface area contributed by atoms with Crippen LogP contribution in [0.5, 0.6) is 0 Å².